The zero-order valence-electron chi connectivity index (χ0n) is 19.1. The molecule has 3 heteroatoms. The number of rotatable bonds is 2. The van der Waals surface area contributed by atoms with Crippen LogP contribution < -0.4 is 4.57 Å². The van der Waals surface area contributed by atoms with Crippen molar-refractivity contribution in [3.8, 4) is 16.9 Å². The van der Waals surface area contributed by atoms with Gasteiger partial charge in [0.05, 0.1) is 28.4 Å². The van der Waals surface area contributed by atoms with E-state index in [0.717, 1.165) is 11.0 Å². The van der Waals surface area contributed by atoms with Gasteiger partial charge in [-0.1, -0.05) is 48.5 Å². The van der Waals surface area contributed by atoms with E-state index >= 15 is 0 Å². The minimum absolute atomic E-state index is 0.923. The lowest BCUT2D eigenvalue weighted by Gasteiger charge is -2.14. The van der Waals surface area contributed by atoms with Crippen molar-refractivity contribution in [1.29, 1.82) is 0 Å². The van der Waals surface area contributed by atoms with Gasteiger partial charge in [-0.3, -0.25) is 0 Å². The molecule has 0 aliphatic rings. The molecule has 0 aliphatic carbocycles. The van der Waals surface area contributed by atoms with E-state index < -0.39 is 0 Å². The number of fused-ring (bicyclic) bond motifs is 5. The number of furan rings is 1. The Hall–Kier alpha value is -4.37. The molecular weight excluding hydrogens is 416 g/mol. The predicted octanol–water partition coefficient (Wildman–Crippen LogP) is 7.48. The van der Waals surface area contributed by atoms with E-state index in [1.165, 1.54) is 55.2 Å². The predicted molar refractivity (Wildman–Crippen MR) is 139 cm³/mol. The average molecular weight is 440 g/mol. The maximum absolute atomic E-state index is 5.66. The minimum Gasteiger partial charge on any atom is -0.464 e. The highest BCUT2D eigenvalue weighted by atomic mass is 16.3. The molecule has 7 rings (SSSR count). The Bertz CT molecular complexity index is 1830. The van der Waals surface area contributed by atoms with Gasteiger partial charge in [0.1, 0.15) is 12.6 Å². The molecule has 0 bridgehead atoms. The number of para-hydroxylation sites is 3. The van der Waals surface area contributed by atoms with Crippen molar-refractivity contribution >= 4 is 43.7 Å². The molecular formula is C31H23N2O+. The molecule has 0 fully saturated rings. The summed E-state index contributed by atoms with van der Waals surface area (Å²) in [6.45, 7) is 2.18. The smallest absolute Gasteiger partial charge is 0.215 e. The molecule has 0 unspecified atom stereocenters. The number of aryl methyl sites for hydroxylation is 2. The van der Waals surface area contributed by atoms with Crippen LogP contribution >= 0.6 is 0 Å². The summed E-state index contributed by atoms with van der Waals surface area (Å²) < 4.78 is 10.4. The standard InChI is InChI=1S/C31H23N2O/c1-20-21(15-16-31-22(20)17-18-34-31)29-19-30(25-11-5-6-12-26(25)32(29)2)33-27-13-7-3-9-23(27)24-10-4-8-14-28(24)33/h3-19H,1-2H3/q+1. The van der Waals surface area contributed by atoms with E-state index in [4.69, 9.17) is 4.42 Å². The minimum atomic E-state index is 0.923. The molecule has 0 atom stereocenters. The van der Waals surface area contributed by atoms with E-state index in [1.54, 1.807) is 6.26 Å². The summed E-state index contributed by atoms with van der Waals surface area (Å²) in [5.41, 5.74) is 9.36. The topological polar surface area (TPSA) is 21.9 Å². The molecule has 4 aromatic carbocycles. The number of pyridine rings is 1. The summed E-state index contributed by atoms with van der Waals surface area (Å²) in [5.74, 6) is 0. The third-order valence-electron chi connectivity index (χ3n) is 7.18. The molecule has 3 aromatic heterocycles. The number of hydrogen-bond acceptors (Lipinski definition) is 1. The summed E-state index contributed by atoms with van der Waals surface area (Å²) in [6.07, 6.45) is 1.77. The first-order chi connectivity index (χ1) is 16.7. The highest BCUT2D eigenvalue weighted by Gasteiger charge is 2.23. The van der Waals surface area contributed by atoms with Gasteiger partial charge in [-0.25, -0.2) is 0 Å². The fourth-order valence-electron chi connectivity index (χ4n) is 5.51. The Morgan fingerprint density at radius 2 is 1.32 bits per heavy atom. The quantitative estimate of drug-likeness (QED) is 0.256. The van der Waals surface area contributed by atoms with Crippen molar-refractivity contribution < 1.29 is 8.98 Å². The van der Waals surface area contributed by atoms with Crippen molar-refractivity contribution in [1.82, 2.24) is 4.57 Å². The van der Waals surface area contributed by atoms with Crippen LogP contribution in [0, 0.1) is 6.92 Å². The first-order valence-electron chi connectivity index (χ1n) is 11.6. The third-order valence-corrected chi connectivity index (χ3v) is 7.18. The molecule has 0 saturated heterocycles. The Labute approximate surface area is 197 Å². The Balaban J connectivity index is 1.65. The molecule has 0 amide bonds. The van der Waals surface area contributed by atoms with Gasteiger partial charge in [-0.15, -0.1) is 0 Å². The van der Waals surface area contributed by atoms with Gasteiger partial charge in [0.2, 0.25) is 11.2 Å². The van der Waals surface area contributed by atoms with E-state index in [2.05, 4.69) is 120 Å². The van der Waals surface area contributed by atoms with Gasteiger partial charge < -0.3 is 8.98 Å². The van der Waals surface area contributed by atoms with Crippen molar-refractivity contribution in [2.75, 3.05) is 0 Å². The van der Waals surface area contributed by atoms with Gasteiger partial charge in [0.15, 0.2) is 0 Å². The Morgan fingerprint density at radius 1 is 0.676 bits per heavy atom. The van der Waals surface area contributed by atoms with E-state index in [9.17, 15) is 0 Å². The second-order valence-electron chi connectivity index (χ2n) is 8.93. The van der Waals surface area contributed by atoms with E-state index in [1.807, 2.05) is 0 Å². The highest BCUT2D eigenvalue weighted by Crippen LogP contribution is 2.36. The molecule has 162 valence electrons. The fourth-order valence-corrected chi connectivity index (χ4v) is 5.51. The Morgan fingerprint density at radius 3 is 2.06 bits per heavy atom. The third kappa shape index (κ3) is 2.55. The van der Waals surface area contributed by atoms with Gasteiger partial charge in [-0.2, -0.15) is 4.57 Å². The van der Waals surface area contributed by atoms with E-state index in [-0.39, 0.29) is 0 Å². The summed E-state index contributed by atoms with van der Waals surface area (Å²) in [4.78, 5) is 0. The molecule has 0 N–H and O–H groups in total. The second kappa shape index (κ2) is 7.06. The summed E-state index contributed by atoms with van der Waals surface area (Å²) in [5, 5.41) is 4.92. The monoisotopic (exact) mass is 439 g/mol. The molecule has 3 nitrogen and oxygen atoms in total. The second-order valence-corrected chi connectivity index (χ2v) is 8.93. The summed E-state index contributed by atoms with van der Waals surface area (Å²) in [7, 11) is 2.16. The Kier molecular flexibility index (Phi) is 3.97. The number of benzene rings is 4. The molecule has 34 heavy (non-hydrogen) atoms. The van der Waals surface area contributed by atoms with Crippen LogP contribution in [-0.4, -0.2) is 4.57 Å². The van der Waals surface area contributed by atoms with Crippen molar-refractivity contribution in [3.63, 3.8) is 0 Å². The number of aromatic nitrogens is 2. The van der Waals surface area contributed by atoms with Crippen LogP contribution in [0.3, 0.4) is 0 Å². The lowest BCUT2D eigenvalue weighted by atomic mass is 9.99. The van der Waals surface area contributed by atoms with Crippen molar-refractivity contribution in [3.05, 3.63) is 109 Å². The van der Waals surface area contributed by atoms with Crippen LogP contribution in [0.1, 0.15) is 5.56 Å². The normalized spacial score (nSPS) is 11.8. The van der Waals surface area contributed by atoms with Crippen molar-refractivity contribution in [2.45, 2.75) is 6.92 Å². The molecule has 3 heterocycles. The first kappa shape index (κ1) is 19.1. The summed E-state index contributed by atoms with van der Waals surface area (Å²) >= 11 is 0. The zero-order valence-corrected chi connectivity index (χ0v) is 19.1. The maximum atomic E-state index is 5.66. The average Bonchev–Trinajstić information content (AvgIpc) is 3.49. The molecule has 0 spiro atoms. The number of hydrogen-bond donors (Lipinski definition) is 0. The van der Waals surface area contributed by atoms with Crippen LogP contribution in [0.4, 0.5) is 0 Å². The number of nitrogens with zero attached hydrogens (tertiary/aromatic N) is 2. The van der Waals surface area contributed by atoms with Crippen LogP contribution in [0.15, 0.2) is 108 Å². The van der Waals surface area contributed by atoms with E-state index in [0.29, 0.717) is 0 Å². The SMILES string of the molecule is Cc1c(-c2cc(-n3c4ccccc4c4ccccc43)c3ccccc3[n+]2C)ccc2occc12. The van der Waals surface area contributed by atoms with Gasteiger partial charge in [0.25, 0.3) is 0 Å². The lowest BCUT2D eigenvalue weighted by Crippen LogP contribution is -2.32. The van der Waals surface area contributed by atoms with Gasteiger partial charge in [-0.05, 0) is 48.9 Å². The maximum Gasteiger partial charge on any atom is 0.215 e. The van der Waals surface area contributed by atoms with Crippen LogP contribution in [0.5, 0.6) is 0 Å². The van der Waals surface area contributed by atoms with Crippen LogP contribution in [0.25, 0.3) is 60.6 Å². The molecule has 0 aliphatic heterocycles. The molecule has 7 aromatic rings. The van der Waals surface area contributed by atoms with Crippen LogP contribution in [0.2, 0.25) is 0 Å². The summed E-state index contributed by atoms with van der Waals surface area (Å²) in [6, 6.07) is 34.7. The zero-order chi connectivity index (χ0) is 22.8. The largest absolute Gasteiger partial charge is 0.464 e. The fraction of sp³-hybridized carbons (Fsp3) is 0.0645. The first-order valence-corrected chi connectivity index (χ1v) is 11.6. The van der Waals surface area contributed by atoms with Crippen molar-refractivity contribution in [2.24, 2.45) is 7.05 Å². The lowest BCUT2D eigenvalue weighted by molar-refractivity contribution is -0.633. The highest BCUT2D eigenvalue weighted by molar-refractivity contribution is 6.10. The van der Waals surface area contributed by atoms with Gasteiger partial charge in [0, 0.05) is 33.9 Å². The van der Waals surface area contributed by atoms with Crippen LogP contribution in [-0.2, 0) is 7.05 Å². The van der Waals surface area contributed by atoms with Gasteiger partial charge >= 0.3 is 0 Å². The molecule has 0 radical (unpaired) electrons. The molecule has 0 saturated carbocycles.